The maximum Gasteiger partial charge on any atom is 0.265 e. The number of hydrogen-bond donors (Lipinski definition) is 1. The molecule has 0 saturated carbocycles. The Morgan fingerprint density at radius 1 is 1.37 bits per heavy atom. The van der Waals surface area contributed by atoms with E-state index in [2.05, 4.69) is 12.2 Å². The van der Waals surface area contributed by atoms with Gasteiger partial charge in [-0.2, -0.15) is 0 Å². The fourth-order valence-electron chi connectivity index (χ4n) is 1.77. The average molecular weight is 314 g/mol. The molecule has 0 aliphatic rings. The lowest BCUT2D eigenvalue weighted by Crippen LogP contribution is -2.10. The third-order valence-corrected chi connectivity index (χ3v) is 4.96. The standard InChI is InChI=1S/C14H13Cl2NOS/c1-3-11-8(2)7-12(19-11)14(18)17-10-6-4-5-9(15)13(10)16/h4-7H,3H2,1-2H3,(H,17,18). The number of carbonyl (C=O) groups excluding carboxylic acids is 1. The highest BCUT2D eigenvalue weighted by molar-refractivity contribution is 7.14. The van der Waals surface area contributed by atoms with Gasteiger partial charge < -0.3 is 5.32 Å². The number of aryl methyl sites for hydroxylation is 2. The molecule has 0 bridgehead atoms. The lowest BCUT2D eigenvalue weighted by Gasteiger charge is -2.06. The van der Waals surface area contributed by atoms with Crippen molar-refractivity contribution in [3.05, 3.63) is 49.6 Å². The van der Waals surface area contributed by atoms with Crippen LogP contribution in [0, 0.1) is 6.92 Å². The Kier molecular flexibility index (Phi) is 4.50. The fraction of sp³-hybridized carbons (Fsp3) is 0.214. The number of hydrogen-bond acceptors (Lipinski definition) is 2. The second-order valence-corrected chi connectivity index (χ2v) is 6.05. The van der Waals surface area contributed by atoms with E-state index >= 15 is 0 Å². The van der Waals surface area contributed by atoms with Crippen molar-refractivity contribution in [3.8, 4) is 0 Å². The summed E-state index contributed by atoms with van der Waals surface area (Å²) in [6, 6.07) is 7.07. The molecular formula is C14H13Cl2NOS. The Bertz CT molecular complexity index is 622. The molecule has 100 valence electrons. The van der Waals surface area contributed by atoms with Crippen molar-refractivity contribution in [2.75, 3.05) is 5.32 Å². The summed E-state index contributed by atoms with van der Waals surface area (Å²) < 4.78 is 0. The normalized spacial score (nSPS) is 10.5. The minimum atomic E-state index is -0.156. The molecule has 0 atom stereocenters. The summed E-state index contributed by atoms with van der Waals surface area (Å²) in [5, 5.41) is 3.58. The maximum absolute atomic E-state index is 12.2. The van der Waals surface area contributed by atoms with Gasteiger partial charge in [0, 0.05) is 4.88 Å². The summed E-state index contributed by atoms with van der Waals surface area (Å²) in [7, 11) is 0. The molecule has 2 aromatic rings. The minimum absolute atomic E-state index is 0.156. The van der Waals surface area contributed by atoms with Crippen molar-refractivity contribution in [1.82, 2.24) is 0 Å². The monoisotopic (exact) mass is 313 g/mol. The summed E-state index contributed by atoms with van der Waals surface area (Å²) in [6.45, 7) is 4.09. The number of nitrogens with one attached hydrogen (secondary N) is 1. The SMILES string of the molecule is CCc1sc(C(=O)Nc2cccc(Cl)c2Cl)cc1C. The highest BCUT2D eigenvalue weighted by Crippen LogP contribution is 2.30. The summed E-state index contributed by atoms with van der Waals surface area (Å²) in [4.78, 5) is 14.1. The minimum Gasteiger partial charge on any atom is -0.320 e. The Hall–Kier alpha value is -1.03. The maximum atomic E-state index is 12.2. The van der Waals surface area contributed by atoms with Crippen LogP contribution in [0.25, 0.3) is 0 Å². The van der Waals surface area contributed by atoms with Crippen LogP contribution in [0.4, 0.5) is 5.69 Å². The van der Waals surface area contributed by atoms with Gasteiger partial charge in [0.1, 0.15) is 0 Å². The Morgan fingerprint density at radius 2 is 2.11 bits per heavy atom. The molecule has 0 saturated heterocycles. The van der Waals surface area contributed by atoms with E-state index in [0.29, 0.717) is 20.6 Å². The van der Waals surface area contributed by atoms with E-state index in [4.69, 9.17) is 23.2 Å². The van der Waals surface area contributed by atoms with E-state index in [1.807, 2.05) is 13.0 Å². The van der Waals surface area contributed by atoms with Crippen LogP contribution in [0.1, 0.15) is 27.0 Å². The summed E-state index contributed by atoms with van der Waals surface area (Å²) in [5.41, 5.74) is 1.68. The number of amides is 1. The number of halogens is 2. The highest BCUT2D eigenvalue weighted by Gasteiger charge is 2.13. The number of thiophene rings is 1. The van der Waals surface area contributed by atoms with Gasteiger partial charge in [-0.15, -0.1) is 11.3 Å². The van der Waals surface area contributed by atoms with Crippen LogP contribution in [0.3, 0.4) is 0 Å². The second kappa shape index (κ2) is 5.95. The van der Waals surface area contributed by atoms with Gasteiger partial charge in [0.2, 0.25) is 0 Å². The Balaban J connectivity index is 2.23. The molecule has 1 N–H and O–H groups in total. The smallest absolute Gasteiger partial charge is 0.265 e. The van der Waals surface area contributed by atoms with Crippen molar-refractivity contribution in [2.24, 2.45) is 0 Å². The van der Waals surface area contributed by atoms with E-state index in [0.717, 1.165) is 12.0 Å². The van der Waals surface area contributed by atoms with Crippen LogP contribution < -0.4 is 5.32 Å². The molecule has 1 heterocycles. The molecule has 0 spiro atoms. The van der Waals surface area contributed by atoms with Crippen molar-refractivity contribution in [3.63, 3.8) is 0 Å². The van der Waals surface area contributed by atoms with Gasteiger partial charge in [-0.25, -0.2) is 0 Å². The first-order valence-electron chi connectivity index (χ1n) is 5.87. The lowest BCUT2D eigenvalue weighted by molar-refractivity contribution is 0.103. The van der Waals surface area contributed by atoms with Crippen LogP contribution in [-0.2, 0) is 6.42 Å². The predicted molar refractivity (Wildman–Crippen MR) is 82.8 cm³/mol. The quantitative estimate of drug-likeness (QED) is 0.831. The number of anilines is 1. The molecular weight excluding hydrogens is 301 g/mol. The zero-order chi connectivity index (χ0) is 14.0. The molecule has 1 amide bonds. The van der Waals surface area contributed by atoms with Crippen LogP contribution >= 0.6 is 34.5 Å². The van der Waals surface area contributed by atoms with Crippen molar-refractivity contribution < 1.29 is 4.79 Å². The molecule has 0 aliphatic heterocycles. The number of rotatable bonds is 3. The van der Waals surface area contributed by atoms with E-state index in [-0.39, 0.29) is 5.91 Å². The molecule has 1 aromatic carbocycles. The van der Waals surface area contributed by atoms with Gasteiger partial charge in [0.25, 0.3) is 5.91 Å². The Morgan fingerprint density at radius 3 is 2.74 bits per heavy atom. The van der Waals surface area contributed by atoms with Crippen LogP contribution in [0.5, 0.6) is 0 Å². The van der Waals surface area contributed by atoms with Gasteiger partial charge in [-0.05, 0) is 37.1 Å². The molecule has 0 fully saturated rings. The zero-order valence-corrected chi connectivity index (χ0v) is 12.9. The zero-order valence-electron chi connectivity index (χ0n) is 10.6. The number of carbonyl (C=O) groups is 1. The van der Waals surface area contributed by atoms with E-state index in [9.17, 15) is 4.79 Å². The molecule has 2 nitrogen and oxygen atoms in total. The highest BCUT2D eigenvalue weighted by atomic mass is 35.5. The summed E-state index contributed by atoms with van der Waals surface area (Å²) in [5.74, 6) is -0.156. The molecule has 0 radical (unpaired) electrons. The van der Waals surface area contributed by atoms with E-state index < -0.39 is 0 Å². The first kappa shape index (κ1) is 14.4. The van der Waals surface area contributed by atoms with Gasteiger partial charge >= 0.3 is 0 Å². The molecule has 0 unspecified atom stereocenters. The van der Waals surface area contributed by atoms with E-state index in [1.54, 1.807) is 18.2 Å². The van der Waals surface area contributed by atoms with Gasteiger partial charge in [0.05, 0.1) is 20.6 Å². The fourth-order valence-corrected chi connectivity index (χ4v) is 3.12. The van der Waals surface area contributed by atoms with E-state index in [1.165, 1.54) is 16.2 Å². The van der Waals surface area contributed by atoms with Crippen LogP contribution in [0.2, 0.25) is 10.0 Å². The first-order chi connectivity index (χ1) is 9.02. The summed E-state index contributed by atoms with van der Waals surface area (Å²) >= 11 is 13.5. The third-order valence-electron chi connectivity index (χ3n) is 2.77. The van der Waals surface area contributed by atoms with Gasteiger partial charge in [-0.1, -0.05) is 36.2 Å². The predicted octanol–water partition coefficient (Wildman–Crippen LogP) is 5.18. The van der Waals surface area contributed by atoms with Crippen molar-refractivity contribution >= 4 is 46.1 Å². The lowest BCUT2D eigenvalue weighted by atomic mass is 10.2. The topological polar surface area (TPSA) is 29.1 Å². The number of benzene rings is 1. The molecule has 19 heavy (non-hydrogen) atoms. The largest absolute Gasteiger partial charge is 0.320 e. The van der Waals surface area contributed by atoms with Gasteiger partial charge in [0.15, 0.2) is 0 Å². The molecule has 0 aliphatic carbocycles. The van der Waals surface area contributed by atoms with Crippen LogP contribution in [0.15, 0.2) is 24.3 Å². The van der Waals surface area contributed by atoms with Gasteiger partial charge in [-0.3, -0.25) is 4.79 Å². The third kappa shape index (κ3) is 3.11. The second-order valence-electron chi connectivity index (χ2n) is 4.13. The summed E-state index contributed by atoms with van der Waals surface area (Å²) in [6.07, 6.45) is 0.932. The first-order valence-corrected chi connectivity index (χ1v) is 7.44. The van der Waals surface area contributed by atoms with Crippen LogP contribution in [-0.4, -0.2) is 5.91 Å². The molecule has 2 rings (SSSR count). The Labute approximate surface area is 126 Å². The average Bonchev–Trinajstić information content (AvgIpc) is 2.76. The van der Waals surface area contributed by atoms with Crippen molar-refractivity contribution in [1.29, 1.82) is 0 Å². The molecule has 1 aromatic heterocycles. The van der Waals surface area contributed by atoms with Crippen molar-refractivity contribution in [2.45, 2.75) is 20.3 Å². The molecule has 5 heteroatoms.